The first kappa shape index (κ1) is 16.2. The van der Waals surface area contributed by atoms with E-state index in [9.17, 15) is 0 Å². The van der Waals surface area contributed by atoms with Crippen molar-refractivity contribution in [3.63, 3.8) is 0 Å². The second-order valence-corrected chi connectivity index (χ2v) is 5.61. The number of benzene rings is 2. The molecule has 4 heteroatoms. The zero-order valence-electron chi connectivity index (χ0n) is 12.2. The maximum absolute atomic E-state index is 6.10. The van der Waals surface area contributed by atoms with Gasteiger partial charge in [-0.3, -0.25) is 0 Å². The van der Waals surface area contributed by atoms with E-state index in [0.717, 1.165) is 18.7 Å². The third-order valence-corrected chi connectivity index (χ3v) is 3.81. The smallest absolute Gasteiger partial charge is 0.147 e. The van der Waals surface area contributed by atoms with Gasteiger partial charge in [-0.1, -0.05) is 49.2 Å². The van der Waals surface area contributed by atoms with E-state index in [2.05, 4.69) is 31.3 Å². The third kappa shape index (κ3) is 4.37. The van der Waals surface area contributed by atoms with Gasteiger partial charge in [0, 0.05) is 17.1 Å². The summed E-state index contributed by atoms with van der Waals surface area (Å²) in [6, 6.07) is 13.6. The molecule has 1 unspecified atom stereocenters. The molecular weight excluding hydrogens is 305 g/mol. The summed E-state index contributed by atoms with van der Waals surface area (Å²) in [4.78, 5) is 0. The molecule has 0 amide bonds. The van der Waals surface area contributed by atoms with Gasteiger partial charge in [0.2, 0.25) is 0 Å². The third-order valence-electron chi connectivity index (χ3n) is 3.26. The van der Waals surface area contributed by atoms with Gasteiger partial charge in [0.25, 0.3) is 0 Å². The average molecular weight is 324 g/mol. The second-order valence-electron chi connectivity index (χ2n) is 4.76. The minimum Gasteiger partial charge on any atom is -0.456 e. The highest BCUT2D eigenvalue weighted by molar-refractivity contribution is 6.34. The summed E-state index contributed by atoms with van der Waals surface area (Å²) in [5.41, 5.74) is 1.25. The Morgan fingerprint density at radius 2 is 1.76 bits per heavy atom. The highest BCUT2D eigenvalue weighted by Gasteiger charge is 2.08. The lowest BCUT2D eigenvalue weighted by molar-refractivity contribution is 0.481. The van der Waals surface area contributed by atoms with Crippen LogP contribution in [0.5, 0.6) is 11.5 Å². The largest absolute Gasteiger partial charge is 0.456 e. The number of nitrogens with one attached hydrogen (secondary N) is 1. The van der Waals surface area contributed by atoms with E-state index in [1.54, 1.807) is 18.2 Å². The summed E-state index contributed by atoms with van der Waals surface area (Å²) in [5.74, 6) is 1.31. The van der Waals surface area contributed by atoms with E-state index in [1.807, 2.05) is 12.1 Å². The molecule has 2 aromatic carbocycles. The summed E-state index contributed by atoms with van der Waals surface area (Å²) in [6.45, 7) is 5.24. The molecule has 2 aromatic rings. The van der Waals surface area contributed by atoms with Crippen LogP contribution in [0, 0.1) is 0 Å². The quantitative estimate of drug-likeness (QED) is 0.720. The lowest BCUT2D eigenvalue weighted by Gasteiger charge is -2.16. The predicted octanol–water partition coefficient (Wildman–Crippen LogP) is 5.85. The fourth-order valence-corrected chi connectivity index (χ4v) is 2.51. The van der Waals surface area contributed by atoms with Crippen molar-refractivity contribution in [3.05, 3.63) is 58.1 Å². The molecule has 0 spiro atoms. The Bertz CT molecular complexity index is 584. The van der Waals surface area contributed by atoms with Crippen LogP contribution in [0.2, 0.25) is 10.0 Å². The van der Waals surface area contributed by atoms with Crippen LogP contribution in [0.25, 0.3) is 0 Å². The molecule has 0 heterocycles. The Morgan fingerprint density at radius 1 is 1.05 bits per heavy atom. The van der Waals surface area contributed by atoms with Crippen molar-refractivity contribution in [1.29, 1.82) is 0 Å². The molecule has 0 aliphatic rings. The van der Waals surface area contributed by atoms with Crippen molar-refractivity contribution in [2.45, 2.75) is 26.3 Å². The van der Waals surface area contributed by atoms with Crippen molar-refractivity contribution in [3.8, 4) is 11.5 Å². The SMILES string of the molecule is CCNC(CC)c1ccc(Oc2cc(Cl)ccc2Cl)cc1. The standard InChI is InChI=1S/C17H19Cl2NO/c1-3-16(20-4-2)12-5-8-14(9-6-12)21-17-11-13(18)7-10-15(17)19/h5-11,16,20H,3-4H2,1-2H3. The van der Waals surface area contributed by atoms with E-state index < -0.39 is 0 Å². The molecule has 0 fully saturated rings. The maximum atomic E-state index is 6.10. The number of rotatable bonds is 6. The summed E-state index contributed by atoms with van der Waals surface area (Å²) < 4.78 is 5.78. The van der Waals surface area contributed by atoms with Gasteiger partial charge >= 0.3 is 0 Å². The molecule has 2 rings (SSSR count). The fourth-order valence-electron chi connectivity index (χ4n) is 2.19. The molecular formula is C17H19Cl2NO. The first-order valence-corrected chi connectivity index (χ1v) is 7.85. The van der Waals surface area contributed by atoms with E-state index in [1.165, 1.54) is 5.56 Å². The first-order valence-electron chi connectivity index (χ1n) is 7.10. The second kappa shape index (κ2) is 7.69. The van der Waals surface area contributed by atoms with Crippen LogP contribution in [-0.2, 0) is 0 Å². The molecule has 1 atom stereocenters. The van der Waals surface area contributed by atoms with Crippen molar-refractivity contribution in [2.24, 2.45) is 0 Å². The molecule has 0 radical (unpaired) electrons. The Morgan fingerprint density at radius 3 is 2.38 bits per heavy atom. The predicted molar refractivity (Wildman–Crippen MR) is 89.7 cm³/mol. The molecule has 2 nitrogen and oxygen atoms in total. The van der Waals surface area contributed by atoms with Crippen LogP contribution < -0.4 is 10.1 Å². The van der Waals surface area contributed by atoms with Gasteiger partial charge in [-0.05, 0) is 42.8 Å². The molecule has 0 bridgehead atoms. The minimum atomic E-state index is 0.374. The van der Waals surface area contributed by atoms with E-state index in [-0.39, 0.29) is 0 Å². The van der Waals surface area contributed by atoms with E-state index in [0.29, 0.717) is 21.8 Å². The average Bonchev–Trinajstić information content (AvgIpc) is 2.49. The molecule has 0 aliphatic heterocycles. The highest BCUT2D eigenvalue weighted by atomic mass is 35.5. The summed E-state index contributed by atoms with van der Waals surface area (Å²) in [6.07, 6.45) is 1.05. The number of ether oxygens (including phenoxy) is 1. The molecule has 21 heavy (non-hydrogen) atoms. The Hall–Kier alpha value is -1.22. The molecule has 0 saturated heterocycles. The zero-order valence-corrected chi connectivity index (χ0v) is 13.7. The van der Waals surface area contributed by atoms with Gasteiger partial charge < -0.3 is 10.1 Å². The highest BCUT2D eigenvalue weighted by Crippen LogP contribution is 2.32. The lowest BCUT2D eigenvalue weighted by atomic mass is 10.0. The number of halogens is 2. The molecule has 0 aliphatic carbocycles. The van der Waals surface area contributed by atoms with Crippen LogP contribution in [0.4, 0.5) is 0 Å². The van der Waals surface area contributed by atoms with Gasteiger partial charge in [-0.2, -0.15) is 0 Å². The van der Waals surface area contributed by atoms with Crippen LogP contribution in [0.3, 0.4) is 0 Å². The van der Waals surface area contributed by atoms with Gasteiger partial charge in [-0.15, -0.1) is 0 Å². The Labute approximate surface area is 136 Å². The van der Waals surface area contributed by atoms with Crippen molar-refractivity contribution in [1.82, 2.24) is 5.32 Å². The number of hydrogen-bond acceptors (Lipinski definition) is 2. The van der Waals surface area contributed by atoms with Crippen molar-refractivity contribution < 1.29 is 4.74 Å². The Kier molecular flexibility index (Phi) is 5.92. The van der Waals surface area contributed by atoms with Gasteiger partial charge in [0.15, 0.2) is 0 Å². The van der Waals surface area contributed by atoms with Crippen molar-refractivity contribution in [2.75, 3.05) is 6.54 Å². The van der Waals surface area contributed by atoms with Gasteiger partial charge in [0.05, 0.1) is 5.02 Å². The Balaban J connectivity index is 2.13. The summed E-state index contributed by atoms with van der Waals surface area (Å²) in [7, 11) is 0. The van der Waals surface area contributed by atoms with Gasteiger partial charge in [0.1, 0.15) is 11.5 Å². The maximum Gasteiger partial charge on any atom is 0.147 e. The van der Waals surface area contributed by atoms with Crippen LogP contribution >= 0.6 is 23.2 Å². The van der Waals surface area contributed by atoms with Crippen molar-refractivity contribution >= 4 is 23.2 Å². The summed E-state index contributed by atoms with van der Waals surface area (Å²) in [5, 5.41) is 4.60. The topological polar surface area (TPSA) is 21.3 Å². The van der Waals surface area contributed by atoms with E-state index in [4.69, 9.17) is 27.9 Å². The van der Waals surface area contributed by atoms with Gasteiger partial charge in [-0.25, -0.2) is 0 Å². The molecule has 112 valence electrons. The monoisotopic (exact) mass is 323 g/mol. The normalized spacial score (nSPS) is 12.2. The fraction of sp³-hybridized carbons (Fsp3) is 0.294. The van der Waals surface area contributed by atoms with E-state index >= 15 is 0 Å². The van der Waals surface area contributed by atoms with Crippen LogP contribution in [-0.4, -0.2) is 6.54 Å². The zero-order chi connectivity index (χ0) is 15.2. The van der Waals surface area contributed by atoms with Crippen LogP contribution in [0.15, 0.2) is 42.5 Å². The number of hydrogen-bond donors (Lipinski definition) is 1. The molecule has 0 aromatic heterocycles. The first-order chi connectivity index (χ1) is 10.1. The lowest BCUT2D eigenvalue weighted by Crippen LogP contribution is -2.19. The van der Waals surface area contributed by atoms with Crippen LogP contribution in [0.1, 0.15) is 31.9 Å². The molecule has 1 N–H and O–H groups in total. The summed E-state index contributed by atoms with van der Waals surface area (Å²) >= 11 is 12.1. The minimum absolute atomic E-state index is 0.374. The molecule has 0 saturated carbocycles.